The molecule has 0 aliphatic carbocycles. The van der Waals surface area contributed by atoms with E-state index in [1.54, 1.807) is 39.1 Å². The zero-order valence-electron chi connectivity index (χ0n) is 13.3. The molecule has 23 heavy (non-hydrogen) atoms. The molecule has 2 atom stereocenters. The van der Waals surface area contributed by atoms with Crippen LogP contribution in [0.1, 0.15) is 41.5 Å². The van der Waals surface area contributed by atoms with Crippen molar-refractivity contribution in [3.05, 3.63) is 35.7 Å². The number of carbonyl (C=O) groups is 3. The summed E-state index contributed by atoms with van der Waals surface area (Å²) in [5, 5.41) is 6.85. The number of ether oxygens (including phenoxy) is 1. The second kappa shape index (κ2) is 7.04. The zero-order valence-corrected chi connectivity index (χ0v) is 13.3. The maximum atomic E-state index is 12.4. The summed E-state index contributed by atoms with van der Waals surface area (Å²) in [5.74, 6) is -1.18. The van der Waals surface area contributed by atoms with Crippen molar-refractivity contribution in [1.82, 2.24) is 14.9 Å². The van der Waals surface area contributed by atoms with E-state index in [1.807, 2.05) is 0 Å². The number of aromatic nitrogens is 2. The molecule has 1 amide bonds. The van der Waals surface area contributed by atoms with Crippen LogP contribution in [0.2, 0.25) is 0 Å². The Labute approximate surface area is 133 Å². The summed E-state index contributed by atoms with van der Waals surface area (Å²) in [6, 6.07) is 2.81. The largest absolute Gasteiger partial charge is 0.466 e. The normalized spacial score (nSPS) is 13.3. The van der Waals surface area contributed by atoms with E-state index in [1.165, 1.54) is 10.7 Å². The van der Waals surface area contributed by atoms with Gasteiger partial charge >= 0.3 is 5.97 Å². The Balaban J connectivity index is 2.17. The van der Waals surface area contributed by atoms with Crippen LogP contribution in [-0.2, 0) is 9.53 Å². The van der Waals surface area contributed by atoms with Gasteiger partial charge in [-0.1, -0.05) is 0 Å². The van der Waals surface area contributed by atoms with E-state index in [9.17, 15) is 14.4 Å². The van der Waals surface area contributed by atoms with Gasteiger partial charge in [-0.25, -0.2) is 4.52 Å². The molecule has 0 aromatic carbocycles. The highest BCUT2D eigenvalue weighted by Gasteiger charge is 2.24. The lowest BCUT2D eigenvalue weighted by molar-refractivity contribution is -0.148. The molecule has 122 valence electrons. The average Bonchev–Trinajstić information content (AvgIpc) is 2.97. The van der Waals surface area contributed by atoms with Crippen LogP contribution in [0.3, 0.4) is 0 Å². The molecule has 2 aromatic rings. The fraction of sp³-hybridized carbons (Fsp3) is 0.375. The van der Waals surface area contributed by atoms with Gasteiger partial charge in [0, 0.05) is 17.8 Å². The van der Waals surface area contributed by atoms with Crippen molar-refractivity contribution in [3.8, 4) is 0 Å². The molecular formula is C16H19N3O4. The van der Waals surface area contributed by atoms with Gasteiger partial charge in [-0.15, -0.1) is 0 Å². The second-order valence-electron chi connectivity index (χ2n) is 5.27. The number of pyridine rings is 1. The standard InChI is InChI=1S/C16H19N3O4/c1-4-23-16(22)10(2)11(3)18-15(21)13-8-17-19-6-5-12(9-20)7-14(13)19/h5-11H,4H2,1-3H3,(H,18,21)/t10-,11+/m0/s1. The zero-order chi connectivity index (χ0) is 17.0. The van der Waals surface area contributed by atoms with Gasteiger partial charge in [-0.2, -0.15) is 5.10 Å². The van der Waals surface area contributed by atoms with E-state index >= 15 is 0 Å². The first-order chi connectivity index (χ1) is 11.0. The van der Waals surface area contributed by atoms with Gasteiger partial charge in [0.05, 0.1) is 29.8 Å². The fourth-order valence-corrected chi connectivity index (χ4v) is 2.13. The van der Waals surface area contributed by atoms with Gasteiger partial charge in [-0.3, -0.25) is 14.4 Å². The Hall–Kier alpha value is -2.70. The number of nitrogens with one attached hydrogen (secondary N) is 1. The predicted octanol–water partition coefficient (Wildman–Crippen LogP) is 1.46. The lowest BCUT2D eigenvalue weighted by Crippen LogP contribution is -2.40. The van der Waals surface area contributed by atoms with Gasteiger partial charge in [-0.05, 0) is 32.9 Å². The summed E-state index contributed by atoms with van der Waals surface area (Å²) < 4.78 is 6.47. The molecule has 2 rings (SSSR count). The Morgan fingerprint density at radius 1 is 1.43 bits per heavy atom. The number of esters is 1. The predicted molar refractivity (Wildman–Crippen MR) is 83.3 cm³/mol. The number of amides is 1. The third-order valence-electron chi connectivity index (χ3n) is 3.69. The Morgan fingerprint density at radius 3 is 2.83 bits per heavy atom. The Bertz CT molecular complexity index is 738. The van der Waals surface area contributed by atoms with E-state index in [0.717, 1.165) is 0 Å². The Kier molecular flexibility index (Phi) is 5.10. The second-order valence-corrected chi connectivity index (χ2v) is 5.27. The first-order valence-corrected chi connectivity index (χ1v) is 7.38. The smallest absolute Gasteiger partial charge is 0.310 e. The van der Waals surface area contributed by atoms with Crippen LogP contribution >= 0.6 is 0 Å². The van der Waals surface area contributed by atoms with Crippen LogP contribution in [0, 0.1) is 5.92 Å². The van der Waals surface area contributed by atoms with Crippen molar-refractivity contribution in [3.63, 3.8) is 0 Å². The van der Waals surface area contributed by atoms with Crippen molar-refractivity contribution >= 4 is 23.7 Å². The minimum absolute atomic E-state index is 0.298. The van der Waals surface area contributed by atoms with E-state index in [4.69, 9.17) is 4.74 Å². The minimum Gasteiger partial charge on any atom is -0.466 e. The lowest BCUT2D eigenvalue weighted by atomic mass is 10.0. The molecule has 2 aromatic heterocycles. The fourth-order valence-electron chi connectivity index (χ4n) is 2.13. The summed E-state index contributed by atoms with van der Waals surface area (Å²) in [7, 11) is 0. The van der Waals surface area contributed by atoms with Crippen LogP contribution in [0.25, 0.3) is 5.52 Å². The molecule has 0 unspecified atom stereocenters. The van der Waals surface area contributed by atoms with Crippen LogP contribution in [0.5, 0.6) is 0 Å². The van der Waals surface area contributed by atoms with Crippen LogP contribution in [-0.4, -0.2) is 40.4 Å². The summed E-state index contributed by atoms with van der Waals surface area (Å²) in [6.07, 6.45) is 3.75. The molecule has 0 saturated carbocycles. The van der Waals surface area contributed by atoms with Crippen molar-refractivity contribution < 1.29 is 19.1 Å². The number of nitrogens with zero attached hydrogens (tertiary/aromatic N) is 2. The number of hydrogen-bond acceptors (Lipinski definition) is 5. The summed E-state index contributed by atoms with van der Waals surface area (Å²) in [5.41, 5.74) is 1.33. The molecule has 0 saturated heterocycles. The number of rotatable bonds is 6. The van der Waals surface area contributed by atoms with E-state index < -0.39 is 12.0 Å². The first-order valence-electron chi connectivity index (χ1n) is 7.38. The van der Waals surface area contributed by atoms with Gasteiger partial charge < -0.3 is 10.1 Å². The van der Waals surface area contributed by atoms with Gasteiger partial charge in [0.2, 0.25) is 0 Å². The topological polar surface area (TPSA) is 89.8 Å². The van der Waals surface area contributed by atoms with E-state index in [2.05, 4.69) is 10.4 Å². The lowest BCUT2D eigenvalue weighted by Gasteiger charge is -2.19. The highest BCUT2D eigenvalue weighted by atomic mass is 16.5. The van der Waals surface area contributed by atoms with Crippen molar-refractivity contribution in [1.29, 1.82) is 0 Å². The number of carbonyl (C=O) groups excluding carboxylic acids is 3. The molecule has 7 nitrogen and oxygen atoms in total. The minimum atomic E-state index is -0.466. The Morgan fingerprint density at radius 2 is 2.17 bits per heavy atom. The van der Waals surface area contributed by atoms with Crippen molar-refractivity contribution in [2.24, 2.45) is 5.92 Å². The number of fused-ring (bicyclic) bond motifs is 1. The first kappa shape index (κ1) is 16.7. The van der Waals surface area contributed by atoms with Crippen LogP contribution in [0.15, 0.2) is 24.5 Å². The summed E-state index contributed by atoms with van der Waals surface area (Å²) in [6.45, 7) is 5.47. The SMILES string of the molecule is CCOC(=O)[C@@H](C)[C@@H](C)NC(=O)c1cnn2ccc(C=O)cc12. The molecule has 1 N–H and O–H groups in total. The van der Waals surface area contributed by atoms with E-state index in [0.29, 0.717) is 29.5 Å². The highest BCUT2D eigenvalue weighted by Crippen LogP contribution is 2.13. The third-order valence-corrected chi connectivity index (χ3v) is 3.69. The molecule has 2 heterocycles. The number of hydrogen-bond donors (Lipinski definition) is 1. The summed E-state index contributed by atoms with van der Waals surface area (Å²) >= 11 is 0. The maximum Gasteiger partial charge on any atom is 0.310 e. The van der Waals surface area contributed by atoms with Crippen molar-refractivity contribution in [2.75, 3.05) is 6.61 Å². The molecule has 0 spiro atoms. The quantitative estimate of drug-likeness (QED) is 0.643. The molecule has 0 bridgehead atoms. The average molecular weight is 317 g/mol. The molecule has 0 radical (unpaired) electrons. The van der Waals surface area contributed by atoms with Crippen LogP contribution in [0.4, 0.5) is 0 Å². The number of aldehydes is 1. The van der Waals surface area contributed by atoms with Crippen molar-refractivity contribution in [2.45, 2.75) is 26.8 Å². The molecule has 7 heteroatoms. The molecule has 0 aliphatic heterocycles. The van der Waals surface area contributed by atoms with Gasteiger partial charge in [0.15, 0.2) is 0 Å². The molecular weight excluding hydrogens is 298 g/mol. The summed E-state index contributed by atoms with van der Waals surface area (Å²) in [4.78, 5) is 35.0. The molecule has 0 fully saturated rings. The third kappa shape index (κ3) is 3.56. The van der Waals surface area contributed by atoms with E-state index in [-0.39, 0.29) is 11.9 Å². The highest BCUT2D eigenvalue weighted by molar-refractivity contribution is 6.01. The molecule has 0 aliphatic rings. The monoisotopic (exact) mass is 317 g/mol. The van der Waals surface area contributed by atoms with Crippen LogP contribution < -0.4 is 5.32 Å². The maximum absolute atomic E-state index is 12.4. The van der Waals surface area contributed by atoms with Gasteiger partial charge in [0.1, 0.15) is 6.29 Å². The van der Waals surface area contributed by atoms with Gasteiger partial charge in [0.25, 0.3) is 5.91 Å².